The van der Waals surface area contributed by atoms with Gasteiger partial charge in [-0.3, -0.25) is 0 Å². The van der Waals surface area contributed by atoms with Crippen LogP contribution in [0.15, 0.2) is 10.5 Å². The summed E-state index contributed by atoms with van der Waals surface area (Å²) in [6, 6.07) is 1.47. The molecule has 0 aromatic carbocycles. The monoisotopic (exact) mass is 213 g/mol. The zero-order valence-electron chi connectivity index (χ0n) is 8.78. The van der Waals surface area contributed by atoms with Gasteiger partial charge in [0.25, 0.3) is 0 Å². The standard InChI is InChI=1S/C10H15NO4/c1-6(5-12)11-4-8-3-9(10(13)14)15-7(8)2/h3,6,11-12H,4-5H2,1-2H3,(H,13,14). The molecule has 1 unspecified atom stereocenters. The summed E-state index contributed by atoms with van der Waals surface area (Å²) in [7, 11) is 0. The summed E-state index contributed by atoms with van der Waals surface area (Å²) < 4.78 is 5.04. The van der Waals surface area contributed by atoms with Crippen LogP contribution < -0.4 is 5.32 Å². The fourth-order valence-electron chi connectivity index (χ4n) is 1.15. The van der Waals surface area contributed by atoms with E-state index in [1.165, 1.54) is 6.07 Å². The Labute approximate surface area is 87.7 Å². The Hall–Kier alpha value is -1.33. The van der Waals surface area contributed by atoms with Gasteiger partial charge in [0.2, 0.25) is 5.76 Å². The van der Waals surface area contributed by atoms with Crippen LogP contribution >= 0.6 is 0 Å². The first-order chi connectivity index (χ1) is 7.04. The van der Waals surface area contributed by atoms with Gasteiger partial charge in [0.1, 0.15) is 5.76 Å². The molecule has 0 aliphatic heterocycles. The van der Waals surface area contributed by atoms with Gasteiger partial charge >= 0.3 is 5.97 Å². The van der Waals surface area contributed by atoms with Crippen LogP contribution in [0.2, 0.25) is 0 Å². The van der Waals surface area contributed by atoms with Crippen molar-refractivity contribution in [2.45, 2.75) is 26.4 Å². The van der Waals surface area contributed by atoms with Crippen molar-refractivity contribution in [3.05, 3.63) is 23.2 Å². The molecule has 0 aliphatic rings. The van der Waals surface area contributed by atoms with E-state index in [1.54, 1.807) is 6.92 Å². The topological polar surface area (TPSA) is 82.7 Å². The van der Waals surface area contributed by atoms with Gasteiger partial charge in [-0.2, -0.15) is 0 Å². The molecule has 3 N–H and O–H groups in total. The third kappa shape index (κ3) is 3.07. The SMILES string of the molecule is Cc1oc(C(=O)O)cc1CNC(C)CO. The molecule has 1 aromatic heterocycles. The Kier molecular flexibility index (Phi) is 3.88. The van der Waals surface area contributed by atoms with Gasteiger partial charge in [-0.05, 0) is 19.9 Å². The lowest BCUT2D eigenvalue weighted by atomic mass is 10.2. The number of carboxylic acids is 1. The van der Waals surface area contributed by atoms with E-state index >= 15 is 0 Å². The molecule has 5 heteroatoms. The van der Waals surface area contributed by atoms with E-state index in [1.807, 2.05) is 6.92 Å². The van der Waals surface area contributed by atoms with Crippen LogP contribution in [0.25, 0.3) is 0 Å². The van der Waals surface area contributed by atoms with E-state index < -0.39 is 5.97 Å². The molecular formula is C10H15NO4. The van der Waals surface area contributed by atoms with Gasteiger partial charge in [0.15, 0.2) is 0 Å². The summed E-state index contributed by atoms with van der Waals surface area (Å²) in [4.78, 5) is 10.6. The lowest BCUT2D eigenvalue weighted by Gasteiger charge is -2.09. The van der Waals surface area contributed by atoms with E-state index in [9.17, 15) is 4.79 Å². The smallest absolute Gasteiger partial charge is 0.371 e. The third-order valence-electron chi connectivity index (χ3n) is 2.15. The number of nitrogens with one attached hydrogen (secondary N) is 1. The molecule has 0 fully saturated rings. The maximum Gasteiger partial charge on any atom is 0.371 e. The van der Waals surface area contributed by atoms with E-state index in [0.717, 1.165) is 5.56 Å². The molecule has 0 bridgehead atoms. The van der Waals surface area contributed by atoms with E-state index in [4.69, 9.17) is 14.6 Å². The maximum absolute atomic E-state index is 10.6. The van der Waals surface area contributed by atoms with Crippen molar-refractivity contribution in [2.24, 2.45) is 0 Å². The number of hydrogen-bond acceptors (Lipinski definition) is 4. The van der Waals surface area contributed by atoms with Crippen LogP contribution in [0, 0.1) is 6.92 Å². The van der Waals surface area contributed by atoms with Crippen LogP contribution in [-0.4, -0.2) is 28.8 Å². The number of aliphatic hydroxyl groups excluding tert-OH is 1. The van der Waals surface area contributed by atoms with Gasteiger partial charge < -0.3 is 19.9 Å². The summed E-state index contributed by atoms with van der Waals surface area (Å²) in [5.41, 5.74) is 0.799. The molecule has 0 radical (unpaired) electrons. The average Bonchev–Trinajstić information content (AvgIpc) is 2.56. The Morgan fingerprint density at radius 3 is 2.80 bits per heavy atom. The second kappa shape index (κ2) is 4.95. The zero-order valence-corrected chi connectivity index (χ0v) is 8.78. The summed E-state index contributed by atoms with van der Waals surface area (Å²) in [5.74, 6) is -0.537. The molecule has 0 saturated carbocycles. The molecular weight excluding hydrogens is 198 g/mol. The Morgan fingerprint density at radius 2 is 2.33 bits per heavy atom. The van der Waals surface area contributed by atoms with Gasteiger partial charge in [-0.15, -0.1) is 0 Å². The van der Waals surface area contributed by atoms with Gasteiger partial charge in [-0.25, -0.2) is 4.79 Å². The minimum absolute atomic E-state index is 0.0208. The fraction of sp³-hybridized carbons (Fsp3) is 0.500. The van der Waals surface area contributed by atoms with E-state index in [0.29, 0.717) is 12.3 Å². The Balaban J connectivity index is 2.65. The summed E-state index contributed by atoms with van der Waals surface area (Å²) in [5, 5.41) is 20.5. The second-order valence-corrected chi connectivity index (χ2v) is 3.46. The molecule has 0 aliphatic carbocycles. The number of aromatic carboxylic acids is 1. The number of carbonyl (C=O) groups is 1. The Bertz CT molecular complexity index is 345. The van der Waals surface area contributed by atoms with Crippen molar-refractivity contribution in [1.29, 1.82) is 0 Å². The second-order valence-electron chi connectivity index (χ2n) is 3.46. The van der Waals surface area contributed by atoms with Crippen molar-refractivity contribution < 1.29 is 19.4 Å². The summed E-state index contributed by atoms with van der Waals surface area (Å²) in [6.07, 6.45) is 0. The highest BCUT2D eigenvalue weighted by atomic mass is 16.4. The first kappa shape index (κ1) is 11.7. The minimum atomic E-state index is -1.07. The molecule has 0 saturated heterocycles. The summed E-state index contributed by atoms with van der Waals surface area (Å²) >= 11 is 0. The van der Waals surface area contributed by atoms with Crippen molar-refractivity contribution in [3.8, 4) is 0 Å². The Morgan fingerprint density at radius 1 is 1.67 bits per heavy atom. The minimum Gasteiger partial charge on any atom is -0.475 e. The number of aryl methyl sites for hydroxylation is 1. The van der Waals surface area contributed by atoms with Gasteiger partial charge in [0, 0.05) is 18.2 Å². The number of rotatable bonds is 5. The van der Waals surface area contributed by atoms with Crippen molar-refractivity contribution in [3.63, 3.8) is 0 Å². The first-order valence-corrected chi connectivity index (χ1v) is 4.71. The average molecular weight is 213 g/mol. The highest BCUT2D eigenvalue weighted by Gasteiger charge is 2.13. The van der Waals surface area contributed by atoms with Crippen LogP contribution in [0.4, 0.5) is 0 Å². The molecule has 1 heterocycles. The molecule has 1 atom stereocenters. The maximum atomic E-state index is 10.6. The number of hydrogen-bond donors (Lipinski definition) is 3. The largest absolute Gasteiger partial charge is 0.475 e. The normalized spacial score (nSPS) is 12.7. The van der Waals surface area contributed by atoms with Gasteiger partial charge in [-0.1, -0.05) is 0 Å². The zero-order chi connectivity index (χ0) is 11.4. The molecule has 84 valence electrons. The van der Waals surface area contributed by atoms with Crippen molar-refractivity contribution in [1.82, 2.24) is 5.32 Å². The van der Waals surface area contributed by atoms with Crippen molar-refractivity contribution in [2.75, 3.05) is 6.61 Å². The number of furan rings is 1. The lowest BCUT2D eigenvalue weighted by Crippen LogP contribution is -2.28. The molecule has 5 nitrogen and oxygen atoms in total. The molecule has 15 heavy (non-hydrogen) atoms. The highest BCUT2D eigenvalue weighted by molar-refractivity contribution is 5.84. The summed E-state index contributed by atoms with van der Waals surface area (Å²) in [6.45, 7) is 4.09. The van der Waals surface area contributed by atoms with Crippen LogP contribution in [-0.2, 0) is 6.54 Å². The number of aliphatic hydroxyl groups is 1. The van der Waals surface area contributed by atoms with Crippen molar-refractivity contribution >= 4 is 5.97 Å². The predicted molar refractivity (Wildman–Crippen MR) is 53.8 cm³/mol. The number of carboxylic acid groups (broad SMARTS) is 1. The molecule has 0 spiro atoms. The molecule has 0 amide bonds. The lowest BCUT2D eigenvalue weighted by molar-refractivity contribution is 0.0661. The van der Waals surface area contributed by atoms with Crippen LogP contribution in [0.1, 0.15) is 28.8 Å². The van der Waals surface area contributed by atoms with Crippen LogP contribution in [0.3, 0.4) is 0 Å². The quantitative estimate of drug-likeness (QED) is 0.672. The van der Waals surface area contributed by atoms with Gasteiger partial charge in [0.05, 0.1) is 6.61 Å². The first-order valence-electron chi connectivity index (χ1n) is 4.71. The van der Waals surface area contributed by atoms with E-state index in [-0.39, 0.29) is 18.4 Å². The van der Waals surface area contributed by atoms with Crippen LogP contribution in [0.5, 0.6) is 0 Å². The van der Waals surface area contributed by atoms with E-state index in [2.05, 4.69) is 5.32 Å². The predicted octanol–water partition coefficient (Wildman–Crippen LogP) is 0.757. The highest BCUT2D eigenvalue weighted by Crippen LogP contribution is 2.14. The molecule has 1 aromatic rings. The fourth-order valence-corrected chi connectivity index (χ4v) is 1.15. The molecule has 1 rings (SSSR count). The third-order valence-corrected chi connectivity index (χ3v) is 2.15.